The van der Waals surface area contributed by atoms with Gasteiger partial charge < -0.3 is 14.2 Å². The fourth-order valence-corrected chi connectivity index (χ4v) is 10.8. The van der Waals surface area contributed by atoms with E-state index in [4.69, 9.17) is 14.2 Å². The fraction of sp³-hybridized carbons (Fsp3) is 0.853. The zero-order valence-electron chi connectivity index (χ0n) is 54.6. The summed E-state index contributed by atoms with van der Waals surface area (Å²) >= 11 is 0. The summed E-state index contributed by atoms with van der Waals surface area (Å²) in [6.45, 7) is 6.67. The third-order valence-electron chi connectivity index (χ3n) is 16.3. The molecule has 0 rings (SSSR count). The molecule has 0 aromatic rings. The van der Waals surface area contributed by atoms with E-state index in [9.17, 15) is 14.4 Å². The number of carbonyl (C=O) groups is 3. The molecule has 0 saturated carbocycles. The molecule has 0 amide bonds. The summed E-state index contributed by atoms with van der Waals surface area (Å²) in [6.07, 6.45) is 88.6. The van der Waals surface area contributed by atoms with Gasteiger partial charge in [0.25, 0.3) is 0 Å². The van der Waals surface area contributed by atoms with Crippen LogP contribution in [-0.4, -0.2) is 37.2 Å². The lowest BCUT2D eigenvalue weighted by Gasteiger charge is -2.18. The summed E-state index contributed by atoms with van der Waals surface area (Å²) in [5.41, 5.74) is 0. The largest absolute Gasteiger partial charge is 0.462 e. The second kappa shape index (κ2) is 69.9. The maximum atomic E-state index is 12.9. The number of unbranched alkanes of at least 4 members (excludes halogenated alkanes) is 48. The Labute approximate surface area is 505 Å². The van der Waals surface area contributed by atoms with Crippen LogP contribution < -0.4 is 0 Å². The molecule has 0 bridgehead atoms. The van der Waals surface area contributed by atoms with Crippen LogP contribution in [0, 0.1) is 0 Å². The van der Waals surface area contributed by atoms with Crippen molar-refractivity contribution < 1.29 is 28.6 Å². The van der Waals surface area contributed by atoms with E-state index < -0.39 is 6.10 Å². The van der Waals surface area contributed by atoms with Crippen LogP contribution in [0.25, 0.3) is 0 Å². The Balaban J connectivity index is 4.23. The molecule has 81 heavy (non-hydrogen) atoms. The minimum absolute atomic E-state index is 0.0740. The molecule has 1 unspecified atom stereocenters. The maximum Gasteiger partial charge on any atom is 0.306 e. The van der Waals surface area contributed by atoms with Gasteiger partial charge in [-0.25, -0.2) is 0 Å². The standard InChI is InChI=1S/C75H138O6/c1-4-7-10-13-16-19-22-25-28-31-32-33-34-35-36-37-38-39-40-41-42-45-47-50-53-56-59-62-65-68-74(77)80-71-72(81-75(78)69-66-63-60-57-54-51-48-44-30-27-24-21-18-15-12-9-6-3)70-79-73(76)67-64-61-58-55-52-49-46-43-29-26-23-20-17-14-11-8-5-2/h18,21,26-27,29-32,72H,4-17,19-20,22-25,28,33-71H2,1-3H3/b21-18-,29-26-,30-27-,32-31-. The molecular formula is C75H138O6. The van der Waals surface area contributed by atoms with E-state index in [1.807, 2.05) is 0 Å². The third kappa shape index (κ3) is 68.0. The Kier molecular flexibility index (Phi) is 67.6. The highest BCUT2D eigenvalue weighted by Gasteiger charge is 2.19. The van der Waals surface area contributed by atoms with Gasteiger partial charge in [0, 0.05) is 19.3 Å². The molecule has 0 N–H and O–H groups in total. The summed E-state index contributed by atoms with van der Waals surface area (Å²) in [4.78, 5) is 38.5. The van der Waals surface area contributed by atoms with Crippen molar-refractivity contribution in [1.82, 2.24) is 0 Å². The van der Waals surface area contributed by atoms with Gasteiger partial charge in [0.2, 0.25) is 0 Å². The predicted molar refractivity (Wildman–Crippen MR) is 353 cm³/mol. The van der Waals surface area contributed by atoms with Crippen LogP contribution in [0.3, 0.4) is 0 Å². The number of esters is 3. The zero-order chi connectivity index (χ0) is 58.5. The summed E-state index contributed by atoms with van der Waals surface area (Å²) in [5, 5.41) is 0. The van der Waals surface area contributed by atoms with Gasteiger partial charge in [-0.05, 0) is 103 Å². The third-order valence-corrected chi connectivity index (χ3v) is 16.3. The molecule has 0 radical (unpaired) electrons. The van der Waals surface area contributed by atoms with E-state index >= 15 is 0 Å². The Bertz CT molecular complexity index is 1400. The first-order valence-corrected chi connectivity index (χ1v) is 36.1. The molecule has 0 heterocycles. The van der Waals surface area contributed by atoms with Crippen LogP contribution in [0.15, 0.2) is 48.6 Å². The van der Waals surface area contributed by atoms with Crippen molar-refractivity contribution in [2.45, 2.75) is 399 Å². The van der Waals surface area contributed by atoms with Gasteiger partial charge in [0.15, 0.2) is 6.10 Å². The van der Waals surface area contributed by atoms with Crippen molar-refractivity contribution >= 4 is 17.9 Å². The topological polar surface area (TPSA) is 78.9 Å². The fourth-order valence-electron chi connectivity index (χ4n) is 10.8. The van der Waals surface area contributed by atoms with Crippen molar-refractivity contribution in [1.29, 1.82) is 0 Å². The highest BCUT2D eigenvalue weighted by Crippen LogP contribution is 2.18. The number of hydrogen-bond acceptors (Lipinski definition) is 6. The minimum atomic E-state index is -0.779. The van der Waals surface area contributed by atoms with E-state index in [1.165, 1.54) is 283 Å². The van der Waals surface area contributed by atoms with Crippen LogP contribution in [0.5, 0.6) is 0 Å². The molecule has 0 fully saturated rings. The Morgan fingerprint density at radius 1 is 0.247 bits per heavy atom. The van der Waals surface area contributed by atoms with Gasteiger partial charge in [-0.3, -0.25) is 14.4 Å². The molecule has 6 nitrogen and oxygen atoms in total. The predicted octanol–water partition coefficient (Wildman–Crippen LogP) is 24.9. The molecular weight excluding hydrogens is 997 g/mol. The zero-order valence-corrected chi connectivity index (χ0v) is 54.6. The van der Waals surface area contributed by atoms with E-state index in [0.29, 0.717) is 19.3 Å². The first-order valence-electron chi connectivity index (χ1n) is 36.1. The van der Waals surface area contributed by atoms with Gasteiger partial charge >= 0.3 is 17.9 Å². The molecule has 0 aliphatic carbocycles. The van der Waals surface area contributed by atoms with Crippen LogP contribution in [0.1, 0.15) is 393 Å². The Hall–Kier alpha value is -2.63. The first kappa shape index (κ1) is 78.4. The van der Waals surface area contributed by atoms with Gasteiger partial charge in [-0.2, -0.15) is 0 Å². The SMILES string of the molecule is CCCCC/C=C\C/C=C\CCCCCCCCCC(=O)OC(COC(=O)CCCCCCCCC/C=C\CCCCCCCC)COC(=O)CCCCCCCCCCCCCCCCCCC/C=C\CCCCCCCCCC. The van der Waals surface area contributed by atoms with E-state index in [2.05, 4.69) is 69.4 Å². The normalized spacial score (nSPS) is 12.3. The summed E-state index contributed by atoms with van der Waals surface area (Å²) < 4.78 is 17.0. The number of carbonyl (C=O) groups excluding carboxylic acids is 3. The maximum absolute atomic E-state index is 12.9. The molecule has 0 saturated heterocycles. The number of allylic oxidation sites excluding steroid dienone is 8. The van der Waals surface area contributed by atoms with Crippen LogP contribution >= 0.6 is 0 Å². The average Bonchev–Trinajstić information content (AvgIpc) is 3.47. The van der Waals surface area contributed by atoms with E-state index in [1.54, 1.807) is 0 Å². The minimum Gasteiger partial charge on any atom is -0.462 e. The average molecular weight is 1140 g/mol. The Morgan fingerprint density at radius 3 is 0.716 bits per heavy atom. The molecule has 0 aromatic heterocycles. The highest BCUT2D eigenvalue weighted by molar-refractivity contribution is 5.71. The lowest BCUT2D eigenvalue weighted by atomic mass is 10.0. The van der Waals surface area contributed by atoms with Crippen molar-refractivity contribution in [2.24, 2.45) is 0 Å². The lowest BCUT2D eigenvalue weighted by Crippen LogP contribution is -2.30. The van der Waals surface area contributed by atoms with Crippen molar-refractivity contribution in [2.75, 3.05) is 13.2 Å². The van der Waals surface area contributed by atoms with Crippen LogP contribution in [0.4, 0.5) is 0 Å². The van der Waals surface area contributed by atoms with Gasteiger partial charge in [-0.15, -0.1) is 0 Å². The molecule has 0 aliphatic rings. The summed E-state index contributed by atoms with van der Waals surface area (Å²) in [6, 6.07) is 0. The lowest BCUT2D eigenvalue weighted by molar-refractivity contribution is -0.167. The molecule has 0 aromatic carbocycles. The molecule has 474 valence electrons. The first-order chi connectivity index (χ1) is 40.0. The van der Waals surface area contributed by atoms with Crippen molar-refractivity contribution in [3.05, 3.63) is 48.6 Å². The van der Waals surface area contributed by atoms with Gasteiger partial charge in [-0.1, -0.05) is 320 Å². The molecule has 0 spiro atoms. The highest BCUT2D eigenvalue weighted by atomic mass is 16.6. The van der Waals surface area contributed by atoms with Crippen LogP contribution in [-0.2, 0) is 28.6 Å². The number of hydrogen-bond donors (Lipinski definition) is 0. The number of ether oxygens (including phenoxy) is 3. The quantitative estimate of drug-likeness (QED) is 0.0261. The summed E-state index contributed by atoms with van der Waals surface area (Å²) in [5.74, 6) is -0.860. The van der Waals surface area contributed by atoms with Gasteiger partial charge in [0.1, 0.15) is 13.2 Å². The second-order valence-electron chi connectivity index (χ2n) is 24.5. The monoisotopic (exact) mass is 1140 g/mol. The molecule has 0 aliphatic heterocycles. The Morgan fingerprint density at radius 2 is 0.444 bits per heavy atom. The van der Waals surface area contributed by atoms with E-state index in [-0.39, 0.29) is 31.1 Å². The summed E-state index contributed by atoms with van der Waals surface area (Å²) in [7, 11) is 0. The number of rotatable bonds is 67. The van der Waals surface area contributed by atoms with Gasteiger partial charge in [0.05, 0.1) is 0 Å². The second-order valence-corrected chi connectivity index (χ2v) is 24.5. The van der Waals surface area contributed by atoms with Crippen LogP contribution in [0.2, 0.25) is 0 Å². The molecule has 6 heteroatoms. The van der Waals surface area contributed by atoms with Crippen molar-refractivity contribution in [3.63, 3.8) is 0 Å². The molecule has 1 atom stereocenters. The van der Waals surface area contributed by atoms with E-state index in [0.717, 1.165) is 70.6 Å². The van der Waals surface area contributed by atoms with Crippen molar-refractivity contribution in [3.8, 4) is 0 Å². The smallest absolute Gasteiger partial charge is 0.306 e.